The zero-order chi connectivity index (χ0) is 15.8. The topological polar surface area (TPSA) is 98.2 Å². The number of amides is 2. The molecule has 21 heavy (non-hydrogen) atoms. The third kappa shape index (κ3) is 6.90. The summed E-state index contributed by atoms with van der Waals surface area (Å²) in [5.74, 6) is -0.461. The Morgan fingerprint density at radius 2 is 1.81 bits per heavy atom. The van der Waals surface area contributed by atoms with Crippen LogP contribution in [0.3, 0.4) is 0 Å². The molecule has 2 atom stereocenters. The number of rotatable bonds is 8. The lowest BCUT2D eigenvalue weighted by Gasteiger charge is -2.19. The van der Waals surface area contributed by atoms with Crippen LogP contribution in [0.2, 0.25) is 0 Å². The van der Waals surface area contributed by atoms with Crippen LogP contribution < -0.4 is 16.8 Å². The van der Waals surface area contributed by atoms with Gasteiger partial charge >= 0.3 is 0 Å². The molecule has 0 aliphatic carbocycles. The molecule has 0 bridgehead atoms. The summed E-state index contributed by atoms with van der Waals surface area (Å²) in [4.78, 5) is 23.3. The van der Waals surface area contributed by atoms with Crippen molar-refractivity contribution in [3.63, 3.8) is 0 Å². The quantitative estimate of drug-likeness (QED) is 0.665. The van der Waals surface area contributed by atoms with Gasteiger partial charge in [-0.05, 0) is 24.3 Å². The number of carbonyl (C=O) groups excluding carboxylic acids is 2. The Hall–Kier alpha value is -1.88. The standard InChI is InChI=1S/C16H25N3O2/c1-11(2)8-14(16(18)21)19-15(20)10-13(17)9-12-6-4-3-5-7-12/h3-7,11,13-14H,8-10,17H2,1-2H3,(H2,18,21)(H,19,20)/t13-,14+/m1/s1. The van der Waals surface area contributed by atoms with Crippen LogP contribution >= 0.6 is 0 Å². The third-order valence-electron chi connectivity index (χ3n) is 3.17. The van der Waals surface area contributed by atoms with Crippen LogP contribution in [-0.4, -0.2) is 23.9 Å². The predicted molar refractivity (Wildman–Crippen MR) is 83.3 cm³/mol. The van der Waals surface area contributed by atoms with Gasteiger partial charge in [0, 0.05) is 12.5 Å². The molecule has 0 unspecified atom stereocenters. The van der Waals surface area contributed by atoms with Gasteiger partial charge in [-0.2, -0.15) is 0 Å². The molecule has 0 aliphatic rings. The molecule has 1 rings (SSSR count). The number of carbonyl (C=O) groups is 2. The Balaban J connectivity index is 2.46. The van der Waals surface area contributed by atoms with Crippen molar-refractivity contribution in [2.24, 2.45) is 17.4 Å². The van der Waals surface area contributed by atoms with Gasteiger partial charge in [0.05, 0.1) is 0 Å². The maximum atomic E-state index is 11.9. The molecule has 5 nitrogen and oxygen atoms in total. The van der Waals surface area contributed by atoms with E-state index in [1.54, 1.807) is 0 Å². The Labute approximate surface area is 126 Å². The maximum absolute atomic E-state index is 11.9. The minimum absolute atomic E-state index is 0.177. The summed E-state index contributed by atoms with van der Waals surface area (Å²) < 4.78 is 0. The molecule has 5 N–H and O–H groups in total. The first-order valence-electron chi connectivity index (χ1n) is 7.26. The van der Waals surface area contributed by atoms with E-state index < -0.39 is 11.9 Å². The highest BCUT2D eigenvalue weighted by Gasteiger charge is 2.20. The van der Waals surface area contributed by atoms with Gasteiger partial charge in [0.15, 0.2) is 0 Å². The molecular formula is C16H25N3O2. The number of nitrogens with one attached hydrogen (secondary N) is 1. The lowest BCUT2D eigenvalue weighted by Crippen LogP contribution is -2.46. The molecule has 5 heteroatoms. The third-order valence-corrected chi connectivity index (χ3v) is 3.17. The van der Waals surface area contributed by atoms with Crippen molar-refractivity contribution in [1.29, 1.82) is 0 Å². The monoisotopic (exact) mass is 291 g/mol. The van der Waals surface area contributed by atoms with Crippen LogP contribution in [-0.2, 0) is 16.0 Å². The highest BCUT2D eigenvalue weighted by molar-refractivity contribution is 5.86. The van der Waals surface area contributed by atoms with Crippen LogP contribution in [0.1, 0.15) is 32.3 Å². The van der Waals surface area contributed by atoms with Crippen molar-refractivity contribution in [3.05, 3.63) is 35.9 Å². The van der Waals surface area contributed by atoms with Gasteiger partial charge in [-0.15, -0.1) is 0 Å². The van der Waals surface area contributed by atoms with Crippen LogP contribution in [0.5, 0.6) is 0 Å². The minimum Gasteiger partial charge on any atom is -0.368 e. The Kier molecular flexibility index (Phi) is 6.88. The molecule has 0 heterocycles. The summed E-state index contributed by atoms with van der Waals surface area (Å²) in [7, 11) is 0. The molecule has 1 aromatic rings. The highest BCUT2D eigenvalue weighted by Crippen LogP contribution is 2.07. The molecule has 0 spiro atoms. The smallest absolute Gasteiger partial charge is 0.240 e. The largest absolute Gasteiger partial charge is 0.368 e. The lowest BCUT2D eigenvalue weighted by atomic mass is 10.0. The van der Waals surface area contributed by atoms with E-state index in [9.17, 15) is 9.59 Å². The van der Waals surface area contributed by atoms with Gasteiger partial charge in [0.25, 0.3) is 0 Å². The fourth-order valence-corrected chi connectivity index (χ4v) is 2.20. The molecule has 0 aliphatic heterocycles. The second kappa shape index (κ2) is 8.42. The zero-order valence-electron chi connectivity index (χ0n) is 12.7. The van der Waals surface area contributed by atoms with Crippen LogP contribution in [0.15, 0.2) is 30.3 Å². The minimum atomic E-state index is -0.624. The summed E-state index contributed by atoms with van der Waals surface area (Å²) in [6.45, 7) is 3.95. The van der Waals surface area contributed by atoms with E-state index >= 15 is 0 Å². The molecule has 0 aromatic heterocycles. The Bertz CT molecular complexity index is 460. The van der Waals surface area contributed by atoms with Crippen molar-refractivity contribution in [3.8, 4) is 0 Å². The van der Waals surface area contributed by atoms with Gasteiger partial charge in [0.2, 0.25) is 11.8 Å². The second-order valence-corrected chi connectivity index (χ2v) is 5.81. The number of hydrogen-bond donors (Lipinski definition) is 3. The van der Waals surface area contributed by atoms with Crippen molar-refractivity contribution in [2.75, 3.05) is 0 Å². The van der Waals surface area contributed by atoms with Crippen molar-refractivity contribution >= 4 is 11.8 Å². The normalized spacial score (nSPS) is 13.7. The van der Waals surface area contributed by atoms with E-state index in [2.05, 4.69) is 5.32 Å². The van der Waals surface area contributed by atoms with Crippen molar-refractivity contribution < 1.29 is 9.59 Å². The molecule has 0 saturated carbocycles. The number of nitrogens with two attached hydrogens (primary N) is 2. The summed E-state index contributed by atoms with van der Waals surface area (Å²) in [5, 5.41) is 2.67. The first-order valence-corrected chi connectivity index (χ1v) is 7.26. The summed E-state index contributed by atoms with van der Waals surface area (Å²) in [5.41, 5.74) is 12.4. The number of primary amides is 1. The number of benzene rings is 1. The molecule has 116 valence electrons. The van der Waals surface area contributed by atoms with E-state index in [0.717, 1.165) is 5.56 Å². The number of hydrogen-bond acceptors (Lipinski definition) is 3. The lowest BCUT2D eigenvalue weighted by molar-refractivity contribution is -0.127. The van der Waals surface area contributed by atoms with E-state index in [4.69, 9.17) is 11.5 Å². The Morgan fingerprint density at radius 3 is 2.33 bits per heavy atom. The average molecular weight is 291 g/mol. The van der Waals surface area contributed by atoms with Crippen LogP contribution in [0.4, 0.5) is 0 Å². The average Bonchev–Trinajstić information content (AvgIpc) is 2.38. The fraction of sp³-hybridized carbons (Fsp3) is 0.500. The highest BCUT2D eigenvalue weighted by atomic mass is 16.2. The first kappa shape index (κ1) is 17.2. The van der Waals surface area contributed by atoms with Crippen molar-refractivity contribution in [2.45, 2.75) is 45.2 Å². The predicted octanol–water partition coefficient (Wildman–Crippen LogP) is 0.963. The van der Waals surface area contributed by atoms with Crippen molar-refractivity contribution in [1.82, 2.24) is 5.32 Å². The van der Waals surface area contributed by atoms with E-state index in [-0.39, 0.29) is 24.3 Å². The molecule has 0 saturated heterocycles. The van der Waals surface area contributed by atoms with Crippen LogP contribution in [0.25, 0.3) is 0 Å². The van der Waals surface area contributed by atoms with Gasteiger partial charge in [0.1, 0.15) is 6.04 Å². The summed E-state index contributed by atoms with van der Waals surface area (Å²) in [6, 6.07) is 8.86. The van der Waals surface area contributed by atoms with Gasteiger partial charge in [-0.25, -0.2) is 0 Å². The molecule has 1 aromatic carbocycles. The zero-order valence-corrected chi connectivity index (χ0v) is 12.7. The Morgan fingerprint density at radius 1 is 1.19 bits per heavy atom. The molecule has 0 radical (unpaired) electrons. The van der Waals surface area contributed by atoms with E-state index in [1.165, 1.54) is 0 Å². The van der Waals surface area contributed by atoms with Gasteiger partial charge < -0.3 is 16.8 Å². The molecule has 2 amide bonds. The second-order valence-electron chi connectivity index (χ2n) is 5.81. The molecular weight excluding hydrogens is 266 g/mol. The summed E-state index contributed by atoms with van der Waals surface area (Å²) in [6.07, 6.45) is 1.34. The van der Waals surface area contributed by atoms with Gasteiger partial charge in [-0.3, -0.25) is 9.59 Å². The summed E-state index contributed by atoms with van der Waals surface area (Å²) >= 11 is 0. The van der Waals surface area contributed by atoms with Gasteiger partial charge in [-0.1, -0.05) is 44.2 Å². The maximum Gasteiger partial charge on any atom is 0.240 e. The van der Waals surface area contributed by atoms with E-state index in [0.29, 0.717) is 12.8 Å². The first-order chi connectivity index (χ1) is 9.88. The van der Waals surface area contributed by atoms with Crippen LogP contribution in [0, 0.1) is 5.92 Å². The van der Waals surface area contributed by atoms with E-state index in [1.807, 2.05) is 44.2 Å². The fourth-order valence-electron chi connectivity index (χ4n) is 2.20. The SMILES string of the molecule is CC(C)C[C@H](NC(=O)C[C@H](N)Cc1ccccc1)C(N)=O. The molecule has 0 fully saturated rings.